The molecule has 2 rings (SSSR count). The van der Waals surface area contributed by atoms with Crippen LogP contribution in [0.15, 0.2) is 12.3 Å². The summed E-state index contributed by atoms with van der Waals surface area (Å²) in [5, 5.41) is 4.29. The second-order valence-corrected chi connectivity index (χ2v) is 5.38. The molecule has 1 fully saturated rings. The van der Waals surface area contributed by atoms with E-state index in [9.17, 15) is 0 Å². The highest BCUT2D eigenvalue weighted by molar-refractivity contribution is 5.07. The van der Waals surface area contributed by atoms with Crippen LogP contribution in [-0.4, -0.2) is 33.8 Å². The number of nitrogens with zero attached hydrogens (tertiary/aromatic N) is 3. The lowest BCUT2D eigenvalue weighted by Gasteiger charge is -2.36. The largest absolute Gasteiger partial charge is 0.330 e. The van der Waals surface area contributed by atoms with Gasteiger partial charge in [-0.25, -0.2) is 0 Å². The van der Waals surface area contributed by atoms with Crippen LogP contribution in [0.4, 0.5) is 0 Å². The van der Waals surface area contributed by atoms with E-state index in [1.807, 2.05) is 17.9 Å². The van der Waals surface area contributed by atoms with Gasteiger partial charge in [-0.05, 0) is 44.8 Å². The third-order valence-corrected chi connectivity index (χ3v) is 4.50. The molecule has 0 spiro atoms. The standard InChI is InChI=1S/C14H26N4/c1-4-18(14-7-5-6-12(14)10-15)11(2)13-8-9-16-17(13)3/h8-9,11-12,14H,4-7,10,15H2,1-3H3. The fraction of sp³-hybridized carbons (Fsp3) is 0.786. The highest BCUT2D eigenvalue weighted by Gasteiger charge is 2.33. The van der Waals surface area contributed by atoms with Crippen LogP contribution >= 0.6 is 0 Å². The Morgan fingerprint density at radius 1 is 1.56 bits per heavy atom. The summed E-state index contributed by atoms with van der Waals surface area (Å²) in [5.41, 5.74) is 7.21. The average Bonchev–Trinajstić information content (AvgIpc) is 2.98. The van der Waals surface area contributed by atoms with Crippen LogP contribution in [0.1, 0.15) is 44.8 Å². The van der Waals surface area contributed by atoms with Gasteiger partial charge in [0.05, 0.1) is 5.69 Å². The molecule has 0 aromatic carbocycles. The van der Waals surface area contributed by atoms with Crippen molar-refractivity contribution < 1.29 is 0 Å². The van der Waals surface area contributed by atoms with Gasteiger partial charge in [0.15, 0.2) is 0 Å². The maximum atomic E-state index is 5.92. The smallest absolute Gasteiger partial charge is 0.0549 e. The third-order valence-electron chi connectivity index (χ3n) is 4.50. The van der Waals surface area contributed by atoms with Gasteiger partial charge in [0.25, 0.3) is 0 Å². The van der Waals surface area contributed by atoms with E-state index in [4.69, 9.17) is 5.73 Å². The van der Waals surface area contributed by atoms with E-state index in [1.54, 1.807) is 0 Å². The van der Waals surface area contributed by atoms with Crippen molar-refractivity contribution in [3.05, 3.63) is 18.0 Å². The van der Waals surface area contributed by atoms with Crippen LogP contribution in [0.5, 0.6) is 0 Å². The van der Waals surface area contributed by atoms with Crippen molar-refractivity contribution in [2.45, 2.75) is 45.2 Å². The van der Waals surface area contributed by atoms with Gasteiger partial charge in [-0.15, -0.1) is 0 Å². The molecule has 1 saturated carbocycles. The molecular formula is C14H26N4. The van der Waals surface area contributed by atoms with E-state index in [1.165, 1.54) is 25.0 Å². The van der Waals surface area contributed by atoms with Crippen molar-refractivity contribution in [1.82, 2.24) is 14.7 Å². The SMILES string of the molecule is CCN(C(C)c1ccnn1C)C1CCCC1CN. The minimum atomic E-state index is 0.416. The van der Waals surface area contributed by atoms with E-state index >= 15 is 0 Å². The lowest BCUT2D eigenvalue weighted by Crippen LogP contribution is -2.42. The number of rotatable bonds is 5. The molecule has 4 heteroatoms. The van der Waals surface area contributed by atoms with Crippen molar-refractivity contribution >= 4 is 0 Å². The quantitative estimate of drug-likeness (QED) is 0.868. The van der Waals surface area contributed by atoms with Crippen molar-refractivity contribution in [3.63, 3.8) is 0 Å². The highest BCUT2D eigenvalue weighted by atomic mass is 15.3. The van der Waals surface area contributed by atoms with Gasteiger partial charge in [-0.2, -0.15) is 5.10 Å². The predicted molar refractivity (Wildman–Crippen MR) is 74.2 cm³/mol. The normalized spacial score (nSPS) is 25.8. The second-order valence-electron chi connectivity index (χ2n) is 5.38. The summed E-state index contributed by atoms with van der Waals surface area (Å²) in [7, 11) is 2.02. The molecule has 1 aromatic heterocycles. The highest BCUT2D eigenvalue weighted by Crippen LogP contribution is 2.34. The number of hydrogen-bond acceptors (Lipinski definition) is 3. The number of aryl methyl sites for hydroxylation is 1. The van der Waals surface area contributed by atoms with Crippen molar-refractivity contribution in [1.29, 1.82) is 0 Å². The molecule has 18 heavy (non-hydrogen) atoms. The van der Waals surface area contributed by atoms with Crippen molar-refractivity contribution in [2.24, 2.45) is 18.7 Å². The van der Waals surface area contributed by atoms with Gasteiger partial charge in [-0.3, -0.25) is 9.58 Å². The molecule has 3 unspecified atom stereocenters. The van der Waals surface area contributed by atoms with E-state index < -0.39 is 0 Å². The van der Waals surface area contributed by atoms with Crippen LogP contribution in [0.3, 0.4) is 0 Å². The first-order valence-electron chi connectivity index (χ1n) is 7.12. The molecule has 1 aliphatic rings. The fourth-order valence-electron chi connectivity index (χ4n) is 3.49. The Morgan fingerprint density at radius 2 is 2.33 bits per heavy atom. The molecule has 0 radical (unpaired) electrons. The van der Waals surface area contributed by atoms with Gasteiger partial charge in [0.1, 0.15) is 0 Å². The first-order chi connectivity index (χ1) is 8.69. The topological polar surface area (TPSA) is 47.1 Å². The maximum absolute atomic E-state index is 5.92. The zero-order chi connectivity index (χ0) is 13.1. The van der Waals surface area contributed by atoms with Gasteiger partial charge >= 0.3 is 0 Å². The molecule has 0 amide bonds. The molecule has 1 heterocycles. The Balaban J connectivity index is 2.15. The van der Waals surface area contributed by atoms with Gasteiger partial charge < -0.3 is 5.73 Å². The molecular weight excluding hydrogens is 224 g/mol. The Kier molecular flexibility index (Phi) is 4.40. The lowest BCUT2D eigenvalue weighted by molar-refractivity contribution is 0.119. The van der Waals surface area contributed by atoms with Crippen LogP contribution in [-0.2, 0) is 7.05 Å². The monoisotopic (exact) mass is 250 g/mol. The third kappa shape index (κ3) is 2.45. The minimum absolute atomic E-state index is 0.416. The summed E-state index contributed by atoms with van der Waals surface area (Å²) in [4.78, 5) is 2.60. The van der Waals surface area contributed by atoms with Crippen LogP contribution in [0, 0.1) is 5.92 Å². The lowest BCUT2D eigenvalue weighted by atomic mass is 10.00. The molecule has 0 bridgehead atoms. The number of aromatic nitrogens is 2. The summed E-state index contributed by atoms with van der Waals surface area (Å²) in [5.74, 6) is 0.667. The minimum Gasteiger partial charge on any atom is -0.330 e. The Morgan fingerprint density at radius 3 is 2.89 bits per heavy atom. The molecule has 4 nitrogen and oxygen atoms in total. The zero-order valence-electron chi connectivity index (χ0n) is 11.8. The number of hydrogen-bond donors (Lipinski definition) is 1. The van der Waals surface area contributed by atoms with Gasteiger partial charge in [0, 0.05) is 25.3 Å². The molecule has 0 saturated heterocycles. The summed E-state index contributed by atoms with van der Waals surface area (Å²) >= 11 is 0. The number of nitrogens with two attached hydrogens (primary N) is 1. The Bertz CT molecular complexity index is 374. The van der Waals surface area contributed by atoms with Crippen LogP contribution in [0.25, 0.3) is 0 Å². The predicted octanol–water partition coefficient (Wildman–Crippen LogP) is 1.93. The maximum Gasteiger partial charge on any atom is 0.0549 e. The van der Waals surface area contributed by atoms with Crippen LogP contribution < -0.4 is 5.73 Å². The second kappa shape index (κ2) is 5.85. The summed E-state index contributed by atoms with van der Waals surface area (Å²) in [6, 6.07) is 3.18. The average molecular weight is 250 g/mol. The van der Waals surface area contributed by atoms with E-state index in [2.05, 4.69) is 29.9 Å². The van der Waals surface area contributed by atoms with E-state index in [0.717, 1.165) is 13.1 Å². The zero-order valence-corrected chi connectivity index (χ0v) is 11.8. The molecule has 102 valence electrons. The molecule has 1 aliphatic carbocycles. The molecule has 3 atom stereocenters. The first-order valence-corrected chi connectivity index (χ1v) is 7.12. The van der Waals surface area contributed by atoms with Gasteiger partial charge in [-0.1, -0.05) is 13.3 Å². The van der Waals surface area contributed by atoms with E-state index in [-0.39, 0.29) is 0 Å². The fourth-order valence-corrected chi connectivity index (χ4v) is 3.49. The summed E-state index contributed by atoms with van der Waals surface area (Å²) < 4.78 is 1.99. The van der Waals surface area contributed by atoms with Crippen LogP contribution in [0.2, 0.25) is 0 Å². The Hall–Kier alpha value is -0.870. The summed E-state index contributed by atoms with van der Waals surface area (Å²) in [6.45, 7) is 6.43. The molecule has 2 N–H and O–H groups in total. The molecule has 0 aliphatic heterocycles. The first kappa shape index (κ1) is 13.6. The Labute approximate surface area is 110 Å². The van der Waals surface area contributed by atoms with Crippen molar-refractivity contribution in [2.75, 3.05) is 13.1 Å². The van der Waals surface area contributed by atoms with Crippen molar-refractivity contribution in [3.8, 4) is 0 Å². The summed E-state index contributed by atoms with van der Waals surface area (Å²) in [6.07, 6.45) is 5.78. The van der Waals surface area contributed by atoms with E-state index in [0.29, 0.717) is 18.0 Å². The molecule has 1 aromatic rings. The van der Waals surface area contributed by atoms with Gasteiger partial charge in [0.2, 0.25) is 0 Å².